The van der Waals surface area contributed by atoms with Gasteiger partial charge in [0.05, 0.1) is 22.2 Å². The average molecular weight is 592 g/mol. The van der Waals surface area contributed by atoms with E-state index in [2.05, 4.69) is 33.8 Å². The van der Waals surface area contributed by atoms with E-state index in [0.29, 0.717) is 35.1 Å². The Morgan fingerprint density at radius 2 is 1.97 bits per heavy atom. The van der Waals surface area contributed by atoms with Crippen molar-refractivity contribution in [1.29, 1.82) is 0 Å². The van der Waals surface area contributed by atoms with Gasteiger partial charge in [0.1, 0.15) is 18.9 Å². The fourth-order valence-electron chi connectivity index (χ4n) is 3.01. The average Bonchev–Trinajstić information content (AvgIpc) is 3.06. The Morgan fingerprint density at radius 1 is 1.24 bits per heavy atom. The highest BCUT2D eigenvalue weighted by molar-refractivity contribution is 14.1. The van der Waals surface area contributed by atoms with Crippen LogP contribution in [0, 0.1) is 15.9 Å². The molecule has 0 aliphatic carbocycles. The summed E-state index contributed by atoms with van der Waals surface area (Å²) in [5, 5.41) is 2.15. The van der Waals surface area contributed by atoms with Crippen LogP contribution in [-0.2, 0) is 9.59 Å². The minimum Gasteiger partial charge on any atom is -0.494 e. The van der Waals surface area contributed by atoms with Crippen molar-refractivity contribution in [2.75, 3.05) is 32.2 Å². The number of benzene rings is 2. The van der Waals surface area contributed by atoms with Crippen molar-refractivity contribution in [3.05, 3.63) is 50.4 Å². The molecule has 1 aliphatic heterocycles. The number of ether oxygens (including phenoxy) is 3. The van der Waals surface area contributed by atoms with Crippen molar-refractivity contribution in [3.63, 3.8) is 0 Å². The Morgan fingerprint density at radius 3 is 2.62 bits per heavy atom. The number of thioether (sulfide) groups is 1. The minimum absolute atomic E-state index is 0.0866. The fraction of sp³-hybridized carbons (Fsp3) is 0.208. The van der Waals surface area contributed by atoms with Crippen LogP contribution in [0.1, 0.15) is 12.5 Å². The van der Waals surface area contributed by atoms with Crippen LogP contribution in [0.15, 0.2) is 41.3 Å². The zero-order chi connectivity index (χ0) is 24.7. The number of carbonyl (C=O) groups is 3. The molecular formula is C24H21IN2O6S. The summed E-state index contributed by atoms with van der Waals surface area (Å²) >= 11 is 2.85. The molecule has 10 heteroatoms. The summed E-state index contributed by atoms with van der Waals surface area (Å²) in [5.41, 5.74) is 1.17. The highest BCUT2D eigenvalue weighted by Crippen LogP contribution is 2.37. The molecular weight excluding hydrogens is 571 g/mol. The third-order valence-electron chi connectivity index (χ3n) is 4.47. The molecule has 2 aromatic rings. The molecule has 0 spiro atoms. The molecule has 8 nitrogen and oxygen atoms in total. The molecule has 0 atom stereocenters. The highest BCUT2D eigenvalue weighted by atomic mass is 127. The lowest BCUT2D eigenvalue weighted by Crippen LogP contribution is -2.36. The maximum atomic E-state index is 12.8. The number of imide groups is 1. The first-order valence-electron chi connectivity index (χ1n) is 10.1. The maximum Gasteiger partial charge on any atom is 0.294 e. The minimum atomic E-state index is -0.543. The SMILES string of the molecule is C#CCOc1c(I)cc(/C=C2/SC(=O)N(CC(=O)Nc3ccc(OCC)cc3)C2=O)cc1OC. The van der Waals surface area contributed by atoms with E-state index in [9.17, 15) is 14.4 Å². The van der Waals surface area contributed by atoms with Gasteiger partial charge in [-0.25, -0.2) is 0 Å². The number of hydrogen-bond donors (Lipinski definition) is 1. The van der Waals surface area contributed by atoms with Crippen molar-refractivity contribution in [2.24, 2.45) is 0 Å². The third-order valence-corrected chi connectivity index (χ3v) is 6.18. The van der Waals surface area contributed by atoms with Gasteiger partial charge in [0.2, 0.25) is 5.91 Å². The first kappa shape index (κ1) is 25.5. The van der Waals surface area contributed by atoms with Crippen molar-refractivity contribution in [1.82, 2.24) is 4.90 Å². The Bertz CT molecular complexity index is 1170. The largest absolute Gasteiger partial charge is 0.494 e. The second-order valence-electron chi connectivity index (χ2n) is 6.80. The van der Waals surface area contributed by atoms with Crippen LogP contribution in [0.4, 0.5) is 10.5 Å². The number of nitrogens with zero attached hydrogens (tertiary/aromatic N) is 1. The number of anilines is 1. The molecule has 176 valence electrons. The van der Waals surface area contributed by atoms with Crippen molar-refractivity contribution < 1.29 is 28.6 Å². The summed E-state index contributed by atoms with van der Waals surface area (Å²) in [7, 11) is 1.49. The Kier molecular flexibility index (Phi) is 8.84. The molecule has 1 heterocycles. The quantitative estimate of drug-likeness (QED) is 0.263. The molecule has 1 fully saturated rings. The van der Waals surface area contributed by atoms with E-state index >= 15 is 0 Å². The van der Waals surface area contributed by atoms with E-state index in [0.717, 1.165) is 20.2 Å². The number of carbonyl (C=O) groups excluding carboxylic acids is 3. The summed E-state index contributed by atoms with van der Waals surface area (Å²) in [4.78, 5) is 38.8. The number of terminal acetylenes is 1. The van der Waals surface area contributed by atoms with Crippen LogP contribution in [0.2, 0.25) is 0 Å². The molecule has 0 unspecified atom stereocenters. The van der Waals surface area contributed by atoms with E-state index in [1.807, 2.05) is 6.92 Å². The lowest BCUT2D eigenvalue weighted by atomic mass is 10.2. The number of rotatable bonds is 9. The molecule has 34 heavy (non-hydrogen) atoms. The van der Waals surface area contributed by atoms with Gasteiger partial charge in [0.25, 0.3) is 11.1 Å². The van der Waals surface area contributed by atoms with Gasteiger partial charge in [-0.2, -0.15) is 0 Å². The first-order chi connectivity index (χ1) is 16.4. The standard InChI is InChI=1S/C24H21IN2O6S/c1-4-10-33-22-18(25)11-15(12-19(22)31-3)13-20-23(29)27(24(30)34-20)14-21(28)26-16-6-8-17(9-7-16)32-5-2/h1,6-9,11-13H,5,10,14H2,2-3H3,(H,26,28)/b20-13+. The van der Waals surface area contributed by atoms with Gasteiger partial charge in [0.15, 0.2) is 11.5 Å². The van der Waals surface area contributed by atoms with Gasteiger partial charge in [-0.3, -0.25) is 19.3 Å². The summed E-state index contributed by atoms with van der Waals surface area (Å²) in [6.07, 6.45) is 6.83. The van der Waals surface area contributed by atoms with Crippen LogP contribution in [-0.4, -0.2) is 48.8 Å². The third kappa shape index (κ3) is 6.24. The summed E-state index contributed by atoms with van der Waals surface area (Å²) < 4.78 is 17.0. The van der Waals surface area contributed by atoms with Crippen LogP contribution in [0.3, 0.4) is 0 Å². The smallest absolute Gasteiger partial charge is 0.294 e. The molecule has 0 bridgehead atoms. The number of nitrogens with one attached hydrogen (secondary N) is 1. The number of methoxy groups -OCH3 is 1. The predicted molar refractivity (Wildman–Crippen MR) is 139 cm³/mol. The van der Waals surface area contributed by atoms with Gasteiger partial charge in [-0.15, -0.1) is 6.42 Å². The summed E-state index contributed by atoms with van der Waals surface area (Å²) in [6, 6.07) is 10.3. The van der Waals surface area contributed by atoms with Crippen molar-refractivity contribution in [3.8, 4) is 29.6 Å². The molecule has 0 aromatic heterocycles. The van der Waals surface area contributed by atoms with Crippen LogP contribution in [0.5, 0.6) is 17.2 Å². The van der Waals surface area contributed by atoms with Crippen LogP contribution in [0.25, 0.3) is 6.08 Å². The second-order valence-corrected chi connectivity index (χ2v) is 8.96. The van der Waals surface area contributed by atoms with Crippen molar-refractivity contribution in [2.45, 2.75) is 6.92 Å². The number of amides is 3. The van der Waals surface area contributed by atoms with Gasteiger partial charge < -0.3 is 19.5 Å². The van der Waals surface area contributed by atoms with Crippen LogP contribution >= 0.6 is 34.4 Å². The lowest BCUT2D eigenvalue weighted by molar-refractivity contribution is -0.127. The normalized spacial score (nSPS) is 14.2. The highest BCUT2D eigenvalue weighted by Gasteiger charge is 2.36. The maximum absolute atomic E-state index is 12.8. The second kappa shape index (κ2) is 11.8. The van der Waals surface area contributed by atoms with Gasteiger partial charge in [0, 0.05) is 5.69 Å². The van der Waals surface area contributed by atoms with Gasteiger partial charge >= 0.3 is 0 Å². The van der Waals surface area contributed by atoms with E-state index < -0.39 is 23.6 Å². The zero-order valence-electron chi connectivity index (χ0n) is 18.4. The molecule has 0 radical (unpaired) electrons. The molecule has 2 aromatic carbocycles. The molecule has 1 saturated heterocycles. The first-order valence-corrected chi connectivity index (χ1v) is 12.0. The molecule has 1 aliphatic rings. The Balaban J connectivity index is 1.71. The molecule has 0 saturated carbocycles. The number of hydrogen-bond acceptors (Lipinski definition) is 7. The molecule has 3 amide bonds. The Hall–Kier alpha value is -3.17. The lowest BCUT2D eigenvalue weighted by Gasteiger charge is -2.13. The van der Waals surface area contributed by atoms with Crippen molar-refractivity contribution >= 4 is 63.2 Å². The predicted octanol–water partition coefficient (Wildman–Crippen LogP) is 4.39. The molecule has 3 rings (SSSR count). The topological polar surface area (TPSA) is 94.2 Å². The summed E-state index contributed by atoms with van der Waals surface area (Å²) in [6.45, 7) is 2.11. The monoisotopic (exact) mass is 592 g/mol. The number of halogens is 1. The van der Waals surface area contributed by atoms with Crippen LogP contribution < -0.4 is 19.5 Å². The Labute approximate surface area is 215 Å². The fourth-order valence-corrected chi connectivity index (χ4v) is 4.63. The van der Waals surface area contributed by atoms with E-state index in [1.165, 1.54) is 7.11 Å². The summed E-state index contributed by atoms with van der Waals surface area (Å²) in [5.74, 6) is 2.99. The van der Waals surface area contributed by atoms with Gasteiger partial charge in [-0.05, 0) is 89.3 Å². The van der Waals surface area contributed by atoms with E-state index in [4.69, 9.17) is 20.6 Å². The van der Waals surface area contributed by atoms with E-state index in [1.54, 1.807) is 42.5 Å². The molecule has 1 N–H and O–H groups in total. The van der Waals surface area contributed by atoms with E-state index in [-0.39, 0.29) is 11.5 Å². The zero-order valence-corrected chi connectivity index (χ0v) is 21.4. The van der Waals surface area contributed by atoms with Gasteiger partial charge in [-0.1, -0.05) is 5.92 Å².